The minimum atomic E-state index is -0.158. The van der Waals surface area contributed by atoms with Crippen molar-refractivity contribution in [2.75, 3.05) is 39.3 Å². The second-order valence-corrected chi connectivity index (χ2v) is 9.13. The quantitative estimate of drug-likeness (QED) is 0.839. The summed E-state index contributed by atoms with van der Waals surface area (Å²) in [5.74, 6) is 1.13. The molecule has 4 rings (SSSR count). The topological polar surface area (TPSA) is 55.8 Å². The normalized spacial score (nSPS) is 24.4. The number of likely N-dealkylation sites (tertiary alicyclic amines) is 1. The molecule has 0 radical (unpaired) electrons. The van der Waals surface area contributed by atoms with Crippen LogP contribution in [-0.4, -0.2) is 66.2 Å². The van der Waals surface area contributed by atoms with Crippen molar-refractivity contribution in [3.05, 3.63) is 21.9 Å². The summed E-state index contributed by atoms with van der Waals surface area (Å²) in [5.41, 5.74) is 1.33. The number of carbonyl (C=O) groups excluding carboxylic acids is 1. The first-order valence-corrected chi connectivity index (χ1v) is 11.0. The molecule has 0 aliphatic carbocycles. The number of piperidine rings is 2. The summed E-state index contributed by atoms with van der Waals surface area (Å²) >= 11 is 1.81. The van der Waals surface area contributed by atoms with Gasteiger partial charge in [0.1, 0.15) is 0 Å². The Morgan fingerprint density at radius 2 is 1.92 bits per heavy atom. The van der Waals surface area contributed by atoms with Crippen LogP contribution in [0.1, 0.15) is 36.1 Å². The zero-order valence-electron chi connectivity index (χ0n) is 15.5. The molecule has 4 heterocycles. The van der Waals surface area contributed by atoms with Gasteiger partial charge in [0.2, 0.25) is 5.91 Å². The van der Waals surface area contributed by atoms with E-state index in [0.717, 1.165) is 71.4 Å². The average Bonchev–Trinajstić information content (AvgIpc) is 3.16. The van der Waals surface area contributed by atoms with Gasteiger partial charge in [0.15, 0.2) is 0 Å². The highest BCUT2D eigenvalue weighted by Gasteiger charge is 2.32. The van der Waals surface area contributed by atoms with Gasteiger partial charge in [-0.1, -0.05) is 0 Å². The third kappa shape index (κ3) is 4.14. The van der Waals surface area contributed by atoms with Crippen LogP contribution in [0.3, 0.4) is 0 Å². The summed E-state index contributed by atoms with van der Waals surface area (Å²) in [6.07, 6.45) is 5.08. The van der Waals surface area contributed by atoms with E-state index < -0.39 is 0 Å². The molecule has 1 amide bonds. The summed E-state index contributed by atoms with van der Waals surface area (Å²) in [7, 11) is 0. The third-order valence-electron chi connectivity index (χ3n) is 6.50. The van der Waals surface area contributed by atoms with Crippen LogP contribution in [0.2, 0.25) is 0 Å². The number of carbonyl (C=O) groups is 1. The first-order valence-electron chi connectivity index (χ1n) is 10.1. The fourth-order valence-electron chi connectivity index (χ4n) is 4.78. The molecule has 1 unspecified atom stereocenters. The fourth-order valence-corrected chi connectivity index (χ4v) is 5.67. The molecule has 0 spiro atoms. The Hall–Kier alpha value is -0.950. The Morgan fingerprint density at radius 3 is 2.69 bits per heavy atom. The molecule has 3 aliphatic heterocycles. The Morgan fingerprint density at radius 1 is 1.19 bits per heavy atom. The van der Waals surface area contributed by atoms with Gasteiger partial charge < -0.3 is 15.3 Å². The molecule has 2 N–H and O–H groups in total. The first-order chi connectivity index (χ1) is 12.7. The molecule has 6 heteroatoms. The van der Waals surface area contributed by atoms with E-state index in [9.17, 15) is 9.90 Å². The first kappa shape index (κ1) is 18.4. The predicted octanol–water partition coefficient (Wildman–Crippen LogP) is 1.71. The van der Waals surface area contributed by atoms with Gasteiger partial charge in [0.25, 0.3) is 0 Å². The van der Waals surface area contributed by atoms with E-state index in [2.05, 4.69) is 21.7 Å². The van der Waals surface area contributed by atoms with Crippen molar-refractivity contribution in [2.45, 2.75) is 44.8 Å². The molecular weight excluding hydrogens is 346 g/mol. The summed E-state index contributed by atoms with van der Waals surface area (Å²) in [6, 6.07) is 2.16. The van der Waals surface area contributed by atoms with Crippen LogP contribution in [0, 0.1) is 11.8 Å². The van der Waals surface area contributed by atoms with E-state index in [0.29, 0.717) is 18.4 Å². The highest BCUT2D eigenvalue weighted by Crippen LogP contribution is 2.29. The van der Waals surface area contributed by atoms with Gasteiger partial charge in [-0.3, -0.25) is 9.69 Å². The second-order valence-electron chi connectivity index (χ2n) is 8.13. The summed E-state index contributed by atoms with van der Waals surface area (Å²) in [4.78, 5) is 18.4. The molecule has 0 aromatic carbocycles. The van der Waals surface area contributed by atoms with Crippen LogP contribution in [0.25, 0.3) is 0 Å². The maximum absolute atomic E-state index is 12.7. The number of hydrogen-bond acceptors (Lipinski definition) is 5. The van der Waals surface area contributed by atoms with Crippen molar-refractivity contribution in [3.8, 4) is 0 Å². The van der Waals surface area contributed by atoms with Crippen molar-refractivity contribution in [3.63, 3.8) is 0 Å². The summed E-state index contributed by atoms with van der Waals surface area (Å²) in [5, 5.41) is 16.2. The minimum Gasteiger partial charge on any atom is -0.393 e. The van der Waals surface area contributed by atoms with Crippen LogP contribution < -0.4 is 5.32 Å². The van der Waals surface area contributed by atoms with Gasteiger partial charge >= 0.3 is 0 Å². The van der Waals surface area contributed by atoms with Gasteiger partial charge in [-0.05, 0) is 87.1 Å². The lowest BCUT2D eigenvalue weighted by Gasteiger charge is -2.38. The average molecular weight is 378 g/mol. The number of aliphatic hydroxyl groups is 1. The number of thiophene rings is 1. The Labute approximate surface area is 160 Å². The van der Waals surface area contributed by atoms with Crippen LogP contribution in [-0.2, 0) is 17.8 Å². The van der Waals surface area contributed by atoms with E-state index in [1.54, 1.807) is 0 Å². The smallest absolute Gasteiger partial charge is 0.237 e. The molecule has 3 aliphatic rings. The molecule has 0 saturated carbocycles. The number of hydrogen-bond donors (Lipinski definition) is 2. The molecule has 5 nitrogen and oxygen atoms in total. The van der Waals surface area contributed by atoms with Crippen molar-refractivity contribution in [1.29, 1.82) is 0 Å². The van der Waals surface area contributed by atoms with Crippen LogP contribution in [0.15, 0.2) is 11.4 Å². The minimum absolute atomic E-state index is 0.158. The monoisotopic (exact) mass is 377 g/mol. The number of fused-ring (bicyclic) bond motifs is 1. The highest BCUT2D eigenvalue weighted by molar-refractivity contribution is 7.10. The molecule has 2 saturated heterocycles. The molecule has 26 heavy (non-hydrogen) atoms. The second kappa shape index (κ2) is 8.38. The lowest BCUT2D eigenvalue weighted by Crippen LogP contribution is -2.47. The number of nitrogens with zero attached hydrogens (tertiary/aromatic N) is 2. The molecule has 0 bridgehead atoms. The van der Waals surface area contributed by atoms with Crippen molar-refractivity contribution >= 4 is 17.2 Å². The van der Waals surface area contributed by atoms with Gasteiger partial charge in [-0.25, -0.2) is 0 Å². The van der Waals surface area contributed by atoms with Crippen LogP contribution >= 0.6 is 11.3 Å². The van der Waals surface area contributed by atoms with Crippen molar-refractivity contribution in [2.24, 2.45) is 11.8 Å². The van der Waals surface area contributed by atoms with E-state index in [4.69, 9.17) is 0 Å². The number of nitrogens with one attached hydrogen (secondary N) is 1. The number of amides is 1. The van der Waals surface area contributed by atoms with E-state index in [-0.39, 0.29) is 12.0 Å². The fraction of sp³-hybridized carbons (Fsp3) is 0.750. The van der Waals surface area contributed by atoms with Crippen LogP contribution in [0.5, 0.6) is 0 Å². The maximum atomic E-state index is 12.7. The molecule has 1 aromatic rings. The maximum Gasteiger partial charge on any atom is 0.237 e. The Balaban J connectivity index is 1.23. The van der Waals surface area contributed by atoms with Gasteiger partial charge in [0.05, 0.1) is 12.6 Å². The molecule has 1 aromatic heterocycles. The molecule has 144 valence electrons. The Bertz CT molecular complexity index is 606. The van der Waals surface area contributed by atoms with Crippen molar-refractivity contribution < 1.29 is 9.90 Å². The van der Waals surface area contributed by atoms with Crippen molar-refractivity contribution in [1.82, 2.24) is 15.1 Å². The zero-order chi connectivity index (χ0) is 17.9. The largest absolute Gasteiger partial charge is 0.393 e. The van der Waals surface area contributed by atoms with E-state index >= 15 is 0 Å². The van der Waals surface area contributed by atoms with Gasteiger partial charge in [-0.2, -0.15) is 0 Å². The third-order valence-corrected chi connectivity index (χ3v) is 7.52. The number of rotatable bonds is 4. The number of aliphatic hydroxyl groups excluding tert-OH is 1. The van der Waals surface area contributed by atoms with Gasteiger partial charge in [0, 0.05) is 18.0 Å². The molecular formula is C20H31N3O2S. The molecule has 2 fully saturated rings. The lowest BCUT2D eigenvalue weighted by molar-refractivity contribution is -0.133. The predicted molar refractivity (Wildman–Crippen MR) is 104 cm³/mol. The van der Waals surface area contributed by atoms with Gasteiger partial charge in [-0.15, -0.1) is 11.3 Å². The lowest BCUT2D eigenvalue weighted by atomic mass is 9.80. The summed E-state index contributed by atoms with van der Waals surface area (Å²) in [6.45, 7) is 6.13. The Kier molecular flexibility index (Phi) is 5.93. The highest BCUT2D eigenvalue weighted by atomic mass is 32.1. The van der Waals surface area contributed by atoms with E-state index in [1.165, 1.54) is 10.4 Å². The SMILES string of the molecule is O=C(CN1CCC(C(O)C2CCNCC2)CC1)N1CCc2sccc2C1. The van der Waals surface area contributed by atoms with Crippen LogP contribution in [0.4, 0.5) is 0 Å². The standard InChI is InChI=1S/C20H31N3O2S/c24-19(23-11-5-18-17(13-23)6-12-26-18)14-22-9-3-16(4-10-22)20(25)15-1-7-21-8-2-15/h6,12,15-16,20-21,25H,1-5,7-11,13-14H2. The molecule has 1 atom stereocenters. The zero-order valence-corrected chi connectivity index (χ0v) is 16.3. The van der Waals surface area contributed by atoms with E-state index in [1.807, 2.05) is 16.2 Å². The summed E-state index contributed by atoms with van der Waals surface area (Å²) < 4.78 is 0.